The first-order valence-corrected chi connectivity index (χ1v) is 8.66. The van der Waals surface area contributed by atoms with Gasteiger partial charge >= 0.3 is 0 Å². The maximum atomic E-state index is 11.7. The fourth-order valence-corrected chi connectivity index (χ4v) is 2.74. The van der Waals surface area contributed by atoms with E-state index in [9.17, 15) is 4.79 Å². The van der Waals surface area contributed by atoms with Crippen LogP contribution in [0.15, 0.2) is 64.5 Å². The quantitative estimate of drug-likeness (QED) is 0.693. The predicted octanol–water partition coefficient (Wildman–Crippen LogP) is 4.85. The third-order valence-electron chi connectivity index (χ3n) is 4.06. The summed E-state index contributed by atoms with van der Waals surface area (Å²) in [5, 5.41) is 2.91. The van der Waals surface area contributed by atoms with Gasteiger partial charge in [0.25, 0.3) is 5.56 Å². The summed E-state index contributed by atoms with van der Waals surface area (Å²) in [5.41, 5.74) is 5.03. The minimum Gasteiger partial charge on any atom is -0.285 e. The molecule has 0 radical (unpaired) electrons. The fourth-order valence-electron chi connectivity index (χ4n) is 2.74. The lowest BCUT2D eigenvalue weighted by molar-refractivity contribution is 0.637. The first-order chi connectivity index (χ1) is 11.5. The van der Waals surface area contributed by atoms with Crippen molar-refractivity contribution < 1.29 is 0 Å². The number of nitrogens with zero attached hydrogens (tertiary/aromatic N) is 1. The van der Waals surface area contributed by atoms with Crippen molar-refractivity contribution in [2.45, 2.75) is 53.0 Å². The number of nitrogens with one attached hydrogen (secondary N) is 1. The van der Waals surface area contributed by atoms with Gasteiger partial charge in [0, 0.05) is 11.8 Å². The third-order valence-corrected chi connectivity index (χ3v) is 4.06. The Bertz CT molecular complexity index is 744. The zero-order valence-corrected chi connectivity index (χ0v) is 15.0. The second-order valence-electron chi connectivity index (χ2n) is 6.59. The molecule has 1 N–H and O–H groups in total. The summed E-state index contributed by atoms with van der Waals surface area (Å²) < 4.78 is 1.96. The van der Waals surface area contributed by atoms with Crippen LogP contribution in [-0.2, 0) is 13.0 Å². The van der Waals surface area contributed by atoms with Crippen LogP contribution in [0.3, 0.4) is 0 Å². The summed E-state index contributed by atoms with van der Waals surface area (Å²) in [6.45, 7) is 7.17. The van der Waals surface area contributed by atoms with E-state index in [4.69, 9.17) is 0 Å². The van der Waals surface area contributed by atoms with Crippen molar-refractivity contribution >= 4 is 0 Å². The molecule has 0 fully saturated rings. The van der Waals surface area contributed by atoms with E-state index in [1.165, 1.54) is 16.7 Å². The lowest BCUT2D eigenvalue weighted by Gasteiger charge is -2.08. The average molecular weight is 324 g/mol. The van der Waals surface area contributed by atoms with Crippen molar-refractivity contribution in [1.29, 1.82) is 0 Å². The SMILES string of the molecule is CC(C)=CCC/C(C)=C/CCc1cc(=O)[nH]n1Cc1ccccc1. The van der Waals surface area contributed by atoms with Crippen molar-refractivity contribution in [2.24, 2.45) is 0 Å². The van der Waals surface area contributed by atoms with Crippen molar-refractivity contribution in [2.75, 3.05) is 0 Å². The number of hydrogen-bond donors (Lipinski definition) is 1. The molecule has 0 bridgehead atoms. The minimum absolute atomic E-state index is 0.0230. The summed E-state index contributed by atoms with van der Waals surface area (Å²) in [5.74, 6) is 0. The van der Waals surface area contributed by atoms with Gasteiger partial charge in [-0.1, -0.05) is 53.6 Å². The van der Waals surface area contributed by atoms with Crippen molar-refractivity contribution in [3.8, 4) is 0 Å². The normalized spacial score (nSPS) is 11.5. The van der Waals surface area contributed by atoms with Crippen molar-refractivity contribution in [3.05, 3.63) is 81.3 Å². The Morgan fingerprint density at radius 3 is 2.54 bits per heavy atom. The van der Waals surface area contributed by atoms with E-state index in [2.05, 4.69) is 50.2 Å². The number of allylic oxidation sites excluding steroid dienone is 4. The zero-order valence-electron chi connectivity index (χ0n) is 15.0. The molecule has 0 atom stereocenters. The molecule has 2 aromatic rings. The van der Waals surface area contributed by atoms with Crippen LogP contribution < -0.4 is 5.56 Å². The maximum Gasteiger partial charge on any atom is 0.264 e. The summed E-state index contributed by atoms with van der Waals surface area (Å²) in [6.07, 6.45) is 8.63. The van der Waals surface area contributed by atoms with Gasteiger partial charge in [0.15, 0.2) is 0 Å². The van der Waals surface area contributed by atoms with Gasteiger partial charge in [-0.25, -0.2) is 0 Å². The topological polar surface area (TPSA) is 37.8 Å². The lowest BCUT2D eigenvalue weighted by Crippen LogP contribution is -2.08. The fraction of sp³-hybridized carbons (Fsp3) is 0.381. The number of aryl methyl sites for hydroxylation is 1. The van der Waals surface area contributed by atoms with Crippen molar-refractivity contribution in [3.63, 3.8) is 0 Å². The van der Waals surface area contributed by atoms with Crippen LogP contribution in [0.5, 0.6) is 0 Å². The third kappa shape index (κ3) is 6.07. The van der Waals surface area contributed by atoms with Gasteiger partial charge in [0.1, 0.15) is 0 Å². The summed E-state index contributed by atoms with van der Waals surface area (Å²) in [4.78, 5) is 11.7. The number of H-pyrrole nitrogens is 1. The molecule has 24 heavy (non-hydrogen) atoms. The van der Waals surface area contributed by atoms with E-state index in [0.717, 1.165) is 31.4 Å². The van der Waals surface area contributed by atoms with Gasteiger partial charge in [0.05, 0.1) is 6.54 Å². The monoisotopic (exact) mass is 324 g/mol. The Labute approximate surface area is 144 Å². The van der Waals surface area contributed by atoms with Gasteiger partial charge in [-0.05, 0) is 52.0 Å². The average Bonchev–Trinajstić information content (AvgIpc) is 2.87. The largest absolute Gasteiger partial charge is 0.285 e. The number of benzene rings is 1. The Morgan fingerprint density at radius 2 is 1.83 bits per heavy atom. The molecule has 0 saturated carbocycles. The van der Waals surface area contributed by atoms with Crippen LogP contribution >= 0.6 is 0 Å². The Balaban J connectivity index is 1.93. The molecule has 0 spiro atoms. The molecule has 0 unspecified atom stereocenters. The molecule has 128 valence electrons. The van der Waals surface area contributed by atoms with Crippen molar-refractivity contribution in [1.82, 2.24) is 9.78 Å². The molecule has 0 saturated heterocycles. The van der Waals surface area contributed by atoms with Crippen LogP contribution in [0.4, 0.5) is 0 Å². The van der Waals surface area contributed by atoms with E-state index in [1.54, 1.807) is 6.07 Å². The highest BCUT2D eigenvalue weighted by Crippen LogP contribution is 2.10. The lowest BCUT2D eigenvalue weighted by atomic mass is 10.1. The van der Waals surface area contributed by atoms with Crippen LogP contribution in [0.25, 0.3) is 0 Å². The molecular formula is C21H28N2O. The second-order valence-corrected chi connectivity index (χ2v) is 6.59. The molecule has 0 aliphatic carbocycles. The number of aromatic nitrogens is 2. The summed E-state index contributed by atoms with van der Waals surface area (Å²) >= 11 is 0. The van der Waals surface area contributed by atoms with E-state index >= 15 is 0 Å². The number of aromatic amines is 1. The van der Waals surface area contributed by atoms with Gasteiger partial charge in [0.2, 0.25) is 0 Å². The Morgan fingerprint density at radius 1 is 1.08 bits per heavy atom. The highest BCUT2D eigenvalue weighted by molar-refractivity contribution is 5.16. The molecule has 1 aromatic carbocycles. The van der Waals surface area contributed by atoms with E-state index in [0.29, 0.717) is 6.54 Å². The highest BCUT2D eigenvalue weighted by atomic mass is 16.1. The van der Waals surface area contributed by atoms with Gasteiger partial charge in [-0.3, -0.25) is 14.6 Å². The summed E-state index contributed by atoms with van der Waals surface area (Å²) in [6, 6.07) is 11.9. The minimum atomic E-state index is -0.0230. The van der Waals surface area contributed by atoms with Crippen LogP contribution in [0, 0.1) is 0 Å². The zero-order chi connectivity index (χ0) is 17.4. The van der Waals surface area contributed by atoms with E-state index < -0.39 is 0 Å². The summed E-state index contributed by atoms with van der Waals surface area (Å²) in [7, 11) is 0. The molecule has 1 heterocycles. The van der Waals surface area contributed by atoms with E-state index in [1.807, 2.05) is 22.9 Å². The molecule has 3 heteroatoms. The molecule has 0 amide bonds. The first-order valence-electron chi connectivity index (χ1n) is 8.66. The second kappa shape index (κ2) is 9.11. The van der Waals surface area contributed by atoms with Crippen LogP contribution in [0.2, 0.25) is 0 Å². The first kappa shape index (κ1) is 18.1. The molecule has 2 rings (SSSR count). The van der Waals surface area contributed by atoms with E-state index in [-0.39, 0.29) is 5.56 Å². The molecular weight excluding hydrogens is 296 g/mol. The van der Waals surface area contributed by atoms with Gasteiger partial charge < -0.3 is 0 Å². The maximum absolute atomic E-state index is 11.7. The van der Waals surface area contributed by atoms with Crippen LogP contribution in [0.1, 0.15) is 51.3 Å². The standard InChI is InChI=1S/C21H28N2O/c1-17(2)9-7-10-18(3)11-8-14-20-15-21(24)22-23(20)16-19-12-5-4-6-13-19/h4-6,9,11-13,15H,7-8,10,14,16H2,1-3H3,(H,22,24)/b18-11+. The molecule has 3 nitrogen and oxygen atoms in total. The smallest absolute Gasteiger partial charge is 0.264 e. The molecule has 1 aromatic heterocycles. The Kier molecular flexibility index (Phi) is 6.86. The molecule has 0 aliphatic heterocycles. The van der Waals surface area contributed by atoms with Gasteiger partial charge in [-0.2, -0.15) is 0 Å². The number of rotatable bonds is 8. The Hall–Kier alpha value is -2.29. The predicted molar refractivity (Wildman–Crippen MR) is 101 cm³/mol. The van der Waals surface area contributed by atoms with Crippen LogP contribution in [-0.4, -0.2) is 9.78 Å². The highest BCUT2D eigenvalue weighted by Gasteiger charge is 2.04. The number of hydrogen-bond acceptors (Lipinski definition) is 1. The van der Waals surface area contributed by atoms with Gasteiger partial charge in [-0.15, -0.1) is 0 Å². The molecule has 0 aliphatic rings.